The van der Waals surface area contributed by atoms with Crippen molar-refractivity contribution >= 4 is 17.5 Å². The molecule has 2 atom stereocenters. The summed E-state index contributed by atoms with van der Waals surface area (Å²) < 4.78 is 1.87. The number of fused-ring (bicyclic) bond motifs is 1. The van der Waals surface area contributed by atoms with E-state index in [1.807, 2.05) is 46.1 Å². The number of amides is 2. The number of hydrogen-bond donors (Lipinski definition) is 1. The highest BCUT2D eigenvalue weighted by atomic mass is 16.2. The van der Waals surface area contributed by atoms with Gasteiger partial charge in [0.25, 0.3) is 0 Å². The van der Waals surface area contributed by atoms with E-state index in [4.69, 9.17) is 0 Å². The summed E-state index contributed by atoms with van der Waals surface area (Å²) in [6, 6.07) is 9.67. The lowest BCUT2D eigenvalue weighted by Crippen LogP contribution is -2.39. The highest BCUT2D eigenvalue weighted by Crippen LogP contribution is 2.35. The normalized spacial score (nSPS) is 22.5. The van der Waals surface area contributed by atoms with Gasteiger partial charge in [-0.3, -0.25) is 14.3 Å². The molecule has 2 aliphatic heterocycles. The van der Waals surface area contributed by atoms with E-state index >= 15 is 0 Å². The van der Waals surface area contributed by atoms with Crippen LogP contribution < -0.4 is 5.32 Å². The quantitative estimate of drug-likeness (QED) is 0.935. The van der Waals surface area contributed by atoms with Crippen LogP contribution in [0.25, 0.3) is 0 Å². The van der Waals surface area contributed by atoms with Crippen LogP contribution >= 0.6 is 0 Å². The molecule has 0 spiro atoms. The van der Waals surface area contributed by atoms with Crippen LogP contribution in [0.4, 0.5) is 5.69 Å². The number of nitrogens with zero attached hydrogens (tertiary/aromatic N) is 3. The van der Waals surface area contributed by atoms with Crippen molar-refractivity contribution in [1.82, 2.24) is 14.7 Å². The molecule has 3 heterocycles. The second-order valence-corrected chi connectivity index (χ2v) is 6.44. The van der Waals surface area contributed by atoms with Gasteiger partial charge in [0.15, 0.2) is 0 Å². The van der Waals surface area contributed by atoms with Crippen molar-refractivity contribution in [3.05, 3.63) is 48.3 Å². The predicted molar refractivity (Wildman–Crippen MR) is 89.4 cm³/mol. The molecular weight excluding hydrogens is 304 g/mol. The number of aromatic nitrogens is 2. The molecular formula is C18H20N4O2. The summed E-state index contributed by atoms with van der Waals surface area (Å²) in [7, 11) is 0. The van der Waals surface area contributed by atoms with Crippen LogP contribution in [0.1, 0.15) is 30.7 Å². The van der Waals surface area contributed by atoms with Crippen molar-refractivity contribution in [3.63, 3.8) is 0 Å². The van der Waals surface area contributed by atoms with Crippen molar-refractivity contribution in [1.29, 1.82) is 0 Å². The van der Waals surface area contributed by atoms with E-state index in [1.54, 1.807) is 6.20 Å². The molecule has 0 bridgehead atoms. The number of para-hydroxylation sites is 1. The number of rotatable bonds is 4. The summed E-state index contributed by atoms with van der Waals surface area (Å²) >= 11 is 0. The van der Waals surface area contributed by atoms with Crippen LogP contribution in [0.2, 0.25) is 0 Å². The Balaban J connectivity index is 1.47. The maximum Gasteiger partial charge on any atom is 0.232 e. The van der Waals surface area contributed by atoms with Gasteiger partial charge in [-0.15, -0.1) is 0 Å². The van der Waals surface area contributed by atoms with Gasteiger partial charge in [0.2, 0.25) is 11.8 Å². The zero-order valence-corrected chi connectivity index (χ0v) is 13.4. The van der Waals surface area contributed by atoms with Crippen LogP contribution in [0.5, 0.6) is 0 Å². The van der Waals surface area contributed by atoms with Gasteiger partial charge in [0.1, 0.15) is 0 Å². The molecule has 6 nitrogen and oxygen atoms in total. The van der Waals surface area contributed by atoms with Crippen molar-refractivity contribution in [2.24, 2.45) is 0 Å². The molecule has 0 saturated carbocycles. The molecule has 124 valence electrons. The second-order valence-electron chi connectivity index (χ2n) is 6.44. The van der Waals surface area contributed by atoms with Crippen molar-refractivity contribution in [3.8, 4) is 0 Å². The minimum atomic E-state index is -0.375. The fourth-order valence-corrected chi connectivity index (χ4v) is 3.75. The molecule has 1 fully saturated rings. The number of carbonyl (C=O) groups excluding carboxylic acids is 2. The molecule has 0 radical (unpaired) electrons. The first-order chi connectivity index (χ1) is 11.7. The first kappa shape index (κ1) is 14.9. The first-order valence-corrected chi connectivity index (χ1v) is 8.39. The zero-order valence-electron chi connectivity index (χ0n) is 13.4. The summed E-state index contributed by atoms with van der Waals surface area (Å²) in [6.45, 7) is 1.48. The number of anilines is 1. The lowest BCUT2D eigenvalue weighted by atomic mass is 9.96. The number of nitrogens with one attached hydrogen (secondary N) is 1. The average Bonchev–Trinajstić information content (AvgIpc) is 3.30. The summed E-state index contributed by atoms with van der Waals surface area (Å²) in [5.41, 5.74) is 1.76. The second kappa shape index (κ2) is 6.11. The Hall–Kier alpha value is -2.63. The van der Waals surface area contributed by atoms with Gasteiger partial charge >= 0.3 is 0 Å². The zero-order chi connectivity index (χ0) is 16.5. The number of carbonyl (C=O) groups is 2. The lowest BCUT2D eigenvalue weighted by molar-refractivity contribution is -0.134. The molecule has 24 heavy (non-hydrogen) atoms. The van der Waals surface area contributed by atoms with Crippen LogP contribution in [0, 0.1) is 0 Å². The maximum atomic E-state index is 12.8. The first-order valence-electron chi connectivity index (χ1n) is 8.39. The standard InChI is InChI=1S/C18H20N4O2/c23-17(11-15-14-6-1-2-7-16(14)20-18(15)24)22-10-3-5-13(22)12-21-9-4-8-19-21/h1-2,4,6-9,13,15H,3,5,10-12H2,(H,20,24). The molecule has 1 N–H and O–H groups in total. The molecule has 1 aromatic carbocycles. The highest BCUT2D eigenvalue weighted by Gasteiger charge is 2.36. The van der Waals surface area contributed by atoms with E-state index in [2.05, 4.69) is 10.4 Å². The minimum Gasteiger partial charge on any atom is -0.338 e. The van der Waals surface area contributed by atoms with E-state index in [9.17, 15) is 9.59 Å². The highest BCUT2D eigenvalue weighted by molar-refractivity contribution is 6.04. The van der Waals surface area contributed by atoms with E-state index < -0.39 is 0 Å². The molecule has 4 rings (SSSR count). The molecule has 2 amide bonds. The Labute approximate surface area is 140 Å². The molecule has 2 unspecified atom stereocenters. The van der Waals surface area contributed by atoms with E-state index in [0.29, 0.717) is 6.54 Å². The number of hydrogen-bond acceptors (Lipinski definition) is 3. The molecule has 2 aliphatic rings. The predicted octanol–water partition coefficient (Wildman–Crippen LogP) is 2.00. The van der Waals surface area contributed by atoms with Crippen LogP contribution in [-0.2, 0) is 16.1 Å². The van der Waals surface area contributed by atoms with Gasteiger partial charge < -0.3 is 10.2 Å². The summed E-state index contributed by atoms with van der Waals surface area (Å²) in [6.07, 6.45) is 5.89. The number of likely N-dealkylation sites (tertiary alicyclic amines) is 1. The van der Waals surface area contributed by atoms with Crippen molar-refractivity contribution < 1.29 is 9.59 Å². The molecule has 1 aromatic heterocycles. The largest absolute Gasteiger partial charge is 0.338 e. The van der Waals surface area contributed by atoms with E-state index in [-0.39, 0.29) is 30.2 Å². The fourth-order valence-electron chi connectivity index (χ4n) is 3.75. The molecule has 6 heteroatoms. The van der Waals surface area contributed by atoms with Gasteiger partial charge in [0, 0.05) is 31.0 Å². The smallest absolute Gasteiger partial charge is 0.232 e. The third kappa shape index (κ3) is 2.68. The molecule has 2 aromatic rings. The molecule has 1 saturated heterocycles. The third-order valence-corrected chi connectivity index (χ3v) is 4.94. The Bertz CT molecular complexity index is 756. The topological polar surface area (TPSA) is 67.2 Å². The van der Waals surface area contributed by atoms with Gasteiger partial charge in [-0.05, 0) is 30.5 Å². The van der Waals surface area contributed by atoms with Crippen LogP contribution in [-0.4, -0.2) is 39.1 Å². The van der Waals surface area contributed by atoms with Crippen LogP contribution in [0.15, 0.2) is 42.7 Å². The summed E-state index contributed by atoms with van der Waals surface area (Å²) in [5.74, 6) is -0.395. The SMILES string of the molecule is O=C1Nc2ccccc2C1CC(=O)N1CCCC1Cn1cccn1. The third-order valence-electron chi connectivity index (χ3n) is 4.94. The maximum absolute atomic E-state index is 12.8. The Morgan fingerprint density at radius 2 is 2.17 bits per heavy atom. The van der Waals surface area contributed by atoms with Gasteiger partial charge in [-0.25, -0.2) is 0 Å². The lowest BCUT2D eigenvalue weighted by Gasteiger charge is -2.25. The van der Waals surface area contributed by atoms with Gasteiger partial charge in [0.05, 0.1) is 18.5 Å². The van der Waals surface area contributed by atoms with E-state index in [0.717, 1.165) is 30.6 Å². The molecule has 0 aliphatic carbocycles. The number of benzene rings is 1. The average molecular weight is 324 g/mol. The van der Waals surface area contributed by atoms with Crippen molar-refractivity contribution in [2.45, 2.75) is 37.8 Å². The fraction of sp³-hybridized carbons (Fsp3) is 0.389. The van der Waals surface area contributed by atoms with E-state index in [1.165, 1.54) is 0 Å². The Morgan fingerprint density at radius 3 is 3.00 bits per heavy atom. The van der Waals surface area contributed by atoms with Crippen molar-refractivity contribution in [2.75, 3.05) is 11.9 Å². The van der Waals surface area contributed by atoms with Gasteiger partial charge in [-0.2, -0.15) is 5.10 Å². The monoisotopic (exact) mass is 324 g/mol. The van der Waals surface area contributed by atoms with Gasteiger partial charge in [-0.1, -0.05) is 18.2 Å². The Kier molecular flexibility index (Phi) is 3.80. The summed E-state index contributed by atoms with van der Waals surface area (Å²) in [4.78, 5) is 27.0. The van der Waals surface area contributed by atoms with Crippen LogP contribution in [0.3, 0.4) is 0 Å². The summed E-state index contributed by atoms with van der Waals surface area (Å²) in [5, 5.41) is 7.10. The Morgan fingerprint density at radius 1 is 1.29 bits per heavy atom. The minimum absolute atomic E-state index is 0.0570.